The number of benzene rings is 1. The number of amides is 1. The molecule has 2 heterocycles. The minimum absolute atomic E-state index is 0.101. The van der Waals surface area contributed by atoms with E-state index in [4.69, 9.17) is 10.2 Å². The van der Waals surface area contributed by atoms with Crippen LogP contribution in [0.1, 0.15) is 42.7 Å². The first-order valence-electron chi connectivity index (χ1n) is 11.2. The number of nitrogens with one attached hydrogen (secondary N) is 4. The summed E-state index contributed by atoms with van der Waals surface area (Å²) in [7, 11) is 1.62. The third kappa shape index (κ3) is 7.79. The van der Waals surface area contributed by atoms with Gasteiger partial charge in [0.25, 0.3) is 11.5 Å². The lowest BCUT2D eigenvalue weighted by molar-refractivity contribution is -0.140. The van der Waals surface area contributed by atoms with Gasteiger partial charge in [-0.05, 0) is 30.7 Å². The van der Waals surface area contributed by atoms with E-state index in [2.05, 4.69) is 35.8 Å². The first kappa shape index (κ1) is 27.8. The van der Waals surface area contributed by atoms with Crippen LogP contribution in [0.25, 0.3) is 11.2 Å². The molecule has 0 saturated carbocycles. The normalized spacial score (nSPS) is 11.0. The molecule has 1 unspecified atom stereocenters. The Morgan fingerprint density at radius 1 is 1.11 bits per heavy atom. The average molecular weight is 496 g/mol. The summed E-state index contributed by atoms with van der Waals surface area (Å²) in [4.78, 5) is 61.6. The number of aliphatic carboxylic acids is 2. The van der Waals surface area contributed by atoms with Crippen LogP contribution in [0.5, 0.6) is 0 Å². The van der Waals surface area contributed by atoms with Crippen molar-refractivity contribution in [2.45, 2.75) is 46.1 Å². The first-order chi connectivity index (χ1) is 17.3. The van der Waals surface area contributed by atoms with E-state index in [0.717, 1.165) is 0 Å². The lowest BCUT2D eigenvalue weighted by Gasteiger charge is -2.14. The zero-order chi connectivity index (χ0) is 26.7. The van der Waals surface area contributed by atoms with Gasteiger partial charge in [-0.2, -0.15) is 4.98 Å². The van der Waals surface area contributed by atoms with Crippen molar-refractivity contribution in [3.8, 4) is 0 Å². The molecule has 1 aromatic carbocycles. The molecule has 36 heavy (non-hydrogen) atoms. The molecule has 0 aliphatic rings. The van der Waals surface area contributed by atoms with Crippen LogP contribution in [0.15, 0.2) is 35.3 Å². The molecule has 189 valence electrons. The summed E-state index contributed by atoms with van der Waals surface area (Å²) in [6.45, 7) is 5.99. The van der Waals surface area contributed by atoms with E-state index in [9.17, 15) is 19.2 Å². The standard InChI is InChI=1S/C20H21BN7O6.C2H6/c1-21-28-20-26-16-15(18(32)27-20)24-12(9-23-16)8-22-11-4-2-10(3-5-11)17(31)25-13(19(33)34)6-7-14(29)30;1-2/h2-5,9,13,22H,6-8H2,1H3,(H,25,31)(H,29,30)(H,33,34)(H2,23,26,27,28,32);1-2H3. The molecule has 1 radical (unpaired) electrons. The molecular weight excluding hydrogens is 469 g/mol. The SMILES string of the molecule is CC.C[B]Nc1nc2ncc(CNc3ccc(C(=O)NC(CCC(=O)O)C(=O)O)cc3)nc2c(=O)[nH]1. The third-order valence-corrected chi connectivity index (χ3v) is 4.62. The zero-order valence-corrected chi connectivity index (χ0v) is 20.0. The number of rotatable bonds is 11. The summed E-state index contributed by atoms with van der Waals surface area (Å²) in [5, 5.41) is 26.1. The number of anilines is 2. The summed E-state index contributed by atoms with van der Waals surface area (Å²) in [5.41, 5.74) is 1.22. The second-order valence-electron chi connectivity index (χ2n) is 7.11. The zero-order valence-electron chi connectivity index (χ0n) is 20.0. The molecule has 0 saturated heterocycles. The minimum Gasteiger partial charge on any atom is -0.481 e. The van der Waals surface area contributed by atoms with Gasteiger partial charge in [0.2, 0.25) is 7.41 Å². The summed E-state index contributed by atoms with van der Waals surface area (Å²) in [6.07, 6.45) is 0.886. The molecule has 2 aromatic heterocycles. The molecule has 0 spiro atoms. The highest BCUT2D eigenvalue weighted by Crippen LogP contribution is 2.12. The Morgan fingerprint density at radius 2 is 1.81 bits per heavy atom. The van der Waals surface area contributed by atoms with E-state index in [0.29, 0.717) is 11.4 Å². The predicted octanol–water partition coefficient (Wildman–Crippen LogP) is 1.48. The Bertz CT molecular complexity index is 1270. The number of carbonyl (C=O) groups is 3. The molecule has 1 atom stereocenters. The average Bonchev–Trinajstić information content (AvgIpc) is 2.86. The second-order valence-corrected chi connectivity index (χ2v) is 7.11. The number of hydrogen-bond acceptors (Lipinski definition) is 9. The van der Waals surface area contributed by atoms with Gasteiger partial charge in [0.1, 0.15) is 6.04 Å². The van der Waals surface area contributed by atoms with Crippen LogP contribution < -0.4 is 21.4 Å². The van der Waals surface area contributed by atoms with Gasteiger partial charge in [-0.1, -0.05) is 20.7 Å². The highest BCUT2D eigenvalue weighted by molar-refractivity contribution is 6.38. The Labute approximate surface area is 207 Å². The molecule has 6 N–H and O–H groups in total. The summed E-state index contributed by atoms with van der Waals surface area (Å²) >= 11 is 0. The summed E-state index contributed by atoms with van der Waals surface area (Å²) in [6, 6.07) is 4.91. The highest BCUT2D eigenvalue weighted by atomic mass is 16.4. The fourth-order valence-electron chi connectivity index (χ4n) is 2.94. The monoisotopic (exact) mass is 496 g/mol. The Morgan fingerprint density at radius 3 is 2.42 bits per heavy atom. The third-order valence-electron chi connectivity index (χ3n) is 4.62. The number of carboxylic acid groups (broad SMARTS) is 2. The van der Waals surface area contributed by atoms with Gasteiger partial charge in [-0.15, -0.1) is 0 Å². The van der Waals surface area contributed by atoms with E-state index < -0.39 is 29.4 Å². The number of H-pyrrole nitrogens is 1. The van der Waals surface area contributed by atoms with Crippen molar-refractivity contribution < 1.29 is 24.6 Å². The van der Waals surface area contributed by atoms with E-state index in [1.807, 2.05) is 13.8 Å². The number of aromatic amines is 1. The lowest BCUT2D eigenvalue weighted by atomic mass is 10.0. The van der Waals surface area contributed by atoms with Crippen molar-refractivity contribution >= 4 is 48.1 Å². The number of hydrogen-bond donors (Lipinski definition) is 6. The molecule has 3 rings (SSSR count). The predicted molar refractivity (Wildman–Crippen MR) is 134 cm³/mol. The molecular formula is C22H27BN7O6. The van der Waals surface area contributed by atoms with E-state index in [1.54, 1.807) is 26.4 Å². The van der Waals surface area contributed by atoms with Crippen LogP contribution in [0.4, 0.5) is 11.6 Å². The van der Waals surface area contributed by atoms with Gasteiger partial charge >= 0.3 is 11.9 Å². The molecule has 0 aliphatic heterocycles. The van der Waals surface area contributed by atoms with E-state index >= 15 is 0 Å². The van der Waals surface area contributed by atoms with Crippen LogP contribution in [-0.2, 0) is 16.1 Å². The molecule has 13 nitrogen and oxygen atoms in total. The second kappa shape index (κ2) is 13.4. The van der Waals surface area contributed by atoms with Crippen molar-refractivity contribution in [3.05, 3.63) is 52.1 Å². The van der Waals surface area contributed by atoms with Crippen molar-refractivity contribution in [3.63, 3.8) is 0 Å². The molecule has 14 heteroatoms. The molecule has 3 aromatic rings. The number of carbonyl (C=O) groups excluding carboxylic acids is 1. The van der Waals surface area contributed by atoms with Crippen LogP contribution in [-0.4, -0.2) is 61.5 Å². The van der Waals surface area contributed by atoms with E-state index in [1.165, 1.54) is 18.3 Å². The van der Waals surface area contributed by atoms with Crippen molar-refractivity contribution in [1.29, 1.82) is 0 Å². The summed E-state index contributed by atoms with van der Waals surface area (Å²) < 4.78 is 0. The van der Waals surface area contributed by atoms with Gasteiger partial charge in [-0.25, -0.2) is 14.8 Å². The van der Waals surface area contributed by atoms with Crippen LogP contribution in [0.2, 0.25) is 6.82 Å². The van der Waals surface area contributed by atoms with Crippen molar-refractivity contribution in [2.75, 3.05) is 10.5 Å². The maximum Gasteiger partial charge on any atom is 0.326 e. The number of nitrogens with zero attached hydrogens (tertiary/aromatic N) is 3. The maximum atomic E-state index is 12.3. The number of carboxylic acids is 2. The molecule has 0 fully saturated rings. The summed E-state index contributed by atoms with van der Waals surface area (Å²) in [5.74, 6) is -2.83. The number of fused-ring (bicyclic) bond motifs is 1. The Kier molecular flexibility index (Phi) is 10.3. The van der Waals surface area contributed by atoms with Gasteiger partial charge in [0.05, 0.1) is 18.4 Å². The molecule has 0 bridgehead atoms. The number of aromatic nitrogens is 4. The first-order valence-corrected chi connectivity index (χ1v) is 11.2. The van der Waals surface area contributed by atoms with Gasteiger partial charge in [0.15, 0.2) is 17.1 Å². The fourth-order valence-corrected chi connectivity index (χ4v) is 2.94. The van der Waals surface area contributed by atoms with E-state index in [-0.39, 0.29) is 42.1 Å². The van der Waals surface area contributed by atoms with Gasteiger partial charge in [-0.3, -0.25) is 19.4 Å². The van der Waals surface area contributed by atoms with Crippen LogP contribution in [0.3, 0.4) is 0 Å². The quantitative estimate of drug-likeness (QED) is 0.210. The highest BCUT2D eigenvalue weighted by Gasteiger charge is 2.21. The Hall–Kier alpha value is -4.49. The van der Waals surface area contributed by atoms with Gasteiger partial charge in [0, 0.05) is 17.7 Å². The van der Waals surface area contributed by atoms with Crippen molar-refractivity contribution in [1.82, 2.24) is 25.3 Å². The maximum absolute atomic E-state index is 12.3. The lowest BCUT2D eigenvalue weighted by Crippen LogP contribution is -2.41. The Balaban J connectivity index is 0.00000222. The largest absolute Gasteiger partial charge is 0.481 e. The van der Waals surface area contributed by atoms with Gasteiger partial charge < -0.3 is 26.1 Å². The minimum atomic E-state index is -1.31. The molecule has 1 amide bonds. The van der Waals surface area contributed by atoms with Crippen LogP contribution >= 0.6 is 0 Å². The van der Waals surface area contributed by atoms with Crippen LogP contribution in [0, 0.1) is 0 Å². The topological polar surface area (TPSA) is 199 Å². The molecule has 0 aliphatic carbocycles. The fraction of sp³-hybridized carbons (Fsp3) is 0.318. The van der Waals surface area contributed by atoms with Crippen molar-refractivity contribution in [2.24, 2.45) is 0 Å². The smallest absolute Gasteiger partial charge is 0.326 e.